The summed E-state index contributed by atoms with van der Waals surface area (Å²) in [5.74, 6) is -5.41. The van der Waals surface area contributed by atoms with Crippen LogP contribution in [0.4, 0.5) is 24.5 Å². The number of nitrogen functional groups attached to an aromatic ring is 1. The predicted octanol–water partition coefficient (Wildman–Crippen LogP) is 3.67. The minimum atomic E-state index is -3.83. The molecule has 1 amide bonds. The number of halogens is 3. The fourth-order valence-electron chi connectivity index (χ4n) is 5.36. The van der Waals surface area contributed by atoms with E-state index in [2.05, 4.69) is 5.32 Å². The molecule has 5 rings (SSSR count). The molecule has 0 aromatic heterocycles. The average Bonchev–Trinajstić information content (AvgIpc) is 3.40. The Morgan fingerprint density at radius 1 is 1.06 bits per heavy atom. The van der Waals surface area contributed by atoms with Crippen LogP contribution in [0.25, 0.3) is 0 Å². The maximum atomic E-state index is 13.6. The minimum Gasteiger partial charge on any atom is -0.398 e. The largest absolute Gasteiger partial charge is 0.398 e. The van der Waals surface area contributed by atoms with Crippen LogP contribution in [-0.2, 0) is 14.6 Å². The SMILES string of the molecule is Nc1ccc(C(=O)Nc2cc(F)c(F)c(F)c2)cc1S(=O)(=O)[C@H]1C2CCC1C[C@]1(CO1)C2. The van der Waals surface area contributed by atoms with Crippen molar-refractivity contribution < 1.29 is 31.1 Å². The van der Waals surface area contributed by atoms with Crippen LogP contribution < -0.4 is 11.1 Å². The highest BCUT2D eigenvalue weighted by Gasteiger charge is 2.60. The number of epoxide rings is 1. The molecule has 2 saturated carbocycles. The van der Waals surface area contributed by atoms with Crippen molar-refractivity contribution in [1.82, 2.24) is 0 Å². The third kappa shape index (κ3) is 3.45. The van der Waals surface area contributed by atoms with E-state index in [1.165, 1.54) is 18.2 Å². The number of hydrogen-bond acceptors (Lipinski definition) is 5. The van der Waals surface area contributed by atoms with Crippen molar-refractivity contribution in [3.05, 3.63) is 53.3 Å². The average molecular weight is 466 g/mol. The molecule has 1 heterocycles. The molecule has 3 N–H and O–H groups in total. The minimum absolute atomic E-state index is 0.0247. The van der Waals surface area contributed by atoms with Gasteiger partial charge in [0.05, 0.1) is 28.0 Å². The smallest absolute Gasteiger partial charge is 0.255 e. The molecule has 2 unspecified atom stereocenters. The van der Waals surface area contributed by atoms with Crippen molar-refractivity contribution in [1.29, 1.82) is 0 Å². The topological polar surface area (TPSA) is 102 Å². The van der Waals surface area contributed by atoms with E-state index in [0.29, 0.717) is 31.6 Å². The molecule has 3 fully saturated rings. The number of carbonyl (C=O) groups excluding carboxylic acids is 1. The van der Waals surface area contributed by atoms with Crippen LogP contribution >= 0.6 is 0 Å². The molecular formula is C22H21F3N2O4S. The van der Waals surface area contributed by atoms with E-state index in [9.17, 15) is 26.4 Å². The zero-order valence-electron chi connectivity index (χ0n) is 16.9. The summed E-state index contributed by atoms with van der Waals surface area (Å²) in [6, 6.07) is 5.11. The summed E-state index contributed by atoms with van der Waals surface area (Å²) < 4.78 is 72.7. The van der Waals surface area contributed by atoms with Crippen LogP contribution in [0.3, 0.4) is 0 Å². The standard InChI is InChI=1S/C22H21F3N2O4S/c23-15-6-14(7-16(24)19(15)25)27-21(28)11-3-4-17(26)18(5-11)32(29,30)20-12-1-2-13(20)9-22(8-12)10-31-22/h3-7,12-13,20H,1-2,8-10,26H2,(H,27,28)/t12?,13?,20-,22-. The van der Waals surface area contributed by atoms with Gasteiger partial charge >= 0.3 is 0 Å². The Morgan fingerprint density at radius 2 is 1.66 bits per heavy atom. The molecule has 1 spiro atoms. The van der Waals surface area contributed by atoms with E-state index in [1.807, 2.05) is 0 Å². The number of anilines is 2. The van der Waals surface area contributed by atoms with Gasteiger partial charge in [0.25, 0.3) is 5.91 Å². The van der Waals surface area contributed by atoms with Crippen LogP contribution in [0.5, 0.6) is 0 Å². The second-order valence-electron chi connectivity index (χ2n) is 8.95. The van der Waals surface area contributed by atoms with Gasteiger partial charge in [0.1, 0.15) is 0 Å². The van der Waals surface area contributed by atoms with Crippen LogP contribution in [0.1, 0.15) is 36.0 Å². The summed E-state index contributed by atoms with van der Waals surface area (Å²) in [5, 5.41) is 1.67. The lowest BCUT2D eigenvalue weighted by molar-refractivity contribution is 0.102. The van der Waals surface area contributed by atoms with Gasteiger partial charge < -0.3 is 15.8 Å². The summed E-state index contributed by atoms with van der Waals surface area (Å²) in [7, 11) is -3.83. The number of sulfone groups is 1. The van der Waals surface area contributed by atoms with Crippen molar-refractivity contribution in [2.75, 3.05) is 17.7 Å². The van der Waals surface area contributed by atoms with Gasteiger partial charge in [0.15, 0.2) is 27.3 Å². The Bertz CT molecular complexity index is 1190. The van der Waals surface area contributed by atoms with Gasteiger partial charge in [-0.05, 0) is 55.7 Å². The first kappa shape index (κ1) is 21.3. The second kappa shape index (κ2) is 7.21. The Morgan fingerprint density at radius 3 is 2.22 bits per heavy atom. The second-order valence-corrected chi connectivity index (χ2v) is 11.0. The summed E-state index contributed by atoms with van der Waals surface area (Å²) in [4.78, 5) is 12.5. The van der Waals surface area contributed by atoms with E-state index in [-0.39, 0.29) is 39.3 Å². The first-order chi connectivity index (χ1) is 15.1. The predicted molar refractivity (Wildman–Crippen MR) is 110 cm³/mol. The zero-order chi connectivity index (χ0) is 22.8. The number of ether oxygens (including phenoxy) is 1. The Hall–Kier alpha value is -2.59. The number of carbonyl (C=O) groups is 1. The van der Waals surface area contributed by atoms with Gasteiger partial charge in [-0.25, -0.2) is 21.6 Å². The highest BCUT2D eigenvalue weighted by molar-refractivity contribution is 7.92. The highest BCUT2D eigenvalue weighted by Crippen LogP contribution is 2.56. The van der Waals surface area contributed by atoms with Gasteiger partial charge in [-0.1, -0.05) is 0 Å². The molecule has 2 aromatic rings. The lowest BCUT2D eigenvalue weighted by atomic mass is 9.81. The zero-order valence-corrected chi connectivity index (χ0v) is 17.7. The van der Waals surface area contributed by atoms with Gasteiger partial charge in [-0.3, -0.25) is 4.79 Å². The first-order valence-corrected chi connectivity index (χ1v) is 11.9. The molecule has 2 bridgehead atoms. The van der Waals surface area contributed by atoms with Crippen LogP contribution in [-0.4, -0.2) is 31.8 Å². The molecular weight excluding hydrogens is 445 g/mol. The van der Waals surface area contributed by atoms with Gasteiger partial charge in [0, 0.05) is 23.4 Å². The molecule has 1 saturated heterocycles. The summed E-state index contributed by atoms with van der Waals surface area (Å²) >= 11 is 0. The summed E-state index contributed by atoms with van der Waals surface area (Å²) in [6.07, 6.45) is 3.02. The molecule has 3 aliphatic rings. The third-order valence-electron chi connectivity index (χ3n) is 6.84. The van der Waals surface area contributed by atoms with E-state index < -0.39 is 38.4 Å². The lowest BCUT2D eigenvalue weighted by Gasteiger charge is -2.33. The Kier molecular flexibility index (Phi) is 4.79. The molecule has 2 aliphatic carbocycles. The van der Waals surface area contributed by atoms with E-state index in [0.717, 1.165) is 12.8 Å². The van der Waals surface area contributed by atoms with E-state index in [1.54, 1.807) is 0 Å². The van der Waals surface area contributed by atoms with Crippen LogP contribution in [0, 0.1) is 29.3 Å². The van der Waals surface area contributed by atoms with Crippen molar-refractivity contribution in [2.45, 2.75) is 41.4 Å². The highest BCUT2D eigenvalue weighted by atomic mass is 32.2. The fraction of sp³-hybridized carbons (Fsp3) is 0.409. The fourth-order valence-corrected chi connectivity index (χ4v) is 7.82. The molecule has 1 aliphatic heterocycles. The number of nitrogens with one attached hydrogen (secondary N) is 1. The Balaban J connectivity index is 1.43. The molecule has 32 heavy (non-hydrogen) atoms. The lowest BCUT2D eigenvalue weighted by Crippen LogP contribution is -2.40. The maximum absolute atomic E-state index is 13.6. The van der Waals surface area contributed by atoms with Crippen molar-refractivity contribution in [2.24, 2.45) is 11.8 Å². The summed E-state index contributed by atoms with van der Waals surface area (Å²) in [6.45, 7) is 0.676. The maximum Gasteiger partial charge on any atom is 0.255 e. The van der Waals surface area contributed by atoms with Crippen molar-refractivity contribution in [3.8, 4) is 0 Å². The number of amides is 1. The molecule has 6 nitrogen and oxygen atoms in total. The number of rotatable bonds is 4. The van der Waals surface area contributed by atoms with Gasteiger partial charge in [-0.2, -0.15) is 0 Å². The summed E-state index contributed by atoms with van der Waals surface area (Å²) in [5.41, 5.74) is 5.51. The molecule has 10 heteroatoms. The number of benzene rings is 2. The number of fused-ring (bicyclic) bond motifs is 2. The van der Waals surface area contributed by atoms with E-state index in [4.69, 9.17) is 10.5 Å². The van der Waals surface area contributed by atoms with Crippen LogP contribution in [0.2, 0.25) is 0 Å². The quantitative estimate of drug-likeness (QED) is 0.407. The van der Waals surface area contributed by atoms with Crippen molar-refractivity contribution >= 4 is 27.1 Å². The van der Waals surface area contributed by atoms with Gasteiger partial charge in [0.2, 0.25) is 0 Å². The molecule has 170 valence electrons. The number of nitrogens with two attached hydrogens (primary N) is 1. The van der Waals surface area contributed by atoms with Crippen molar-refractivity contribution in [3.63, 3.8) is 0 Å². The Labute approximate surface area is 182 Å². The third-order valence-corrected chi connectivity index (χ3v) is 9.29. The molecule has 2 aromatic carbocycles. The molecule has 0 radical (unpaired) electrons. The van der Waals surface area contributed by atoms with Crippen LogP contribution in [0.15, 0.2) is 35.2 Å². The first-order valence-electron chi connectivity index (χ1n) is 10.3. The van der Waals surface area contributed by atoms with E-state index >= 15 is 0 Å². The van der Waals surface area contributed by atoms with Gasteiger partial charge in [-0.15, -0.1) is 0 Å². The monoisotopic (exact) mass is 466 g/mol. The normalized spacial score (nSPS) is 28.7. The number of hydrogen-bond donors (Lipinski definition) is 2. The molecule has 2 atom stereocenters.